The molecular weight excluding hydrogens is 440 g/mol. The first-order valence-electron chi connectivity index (χ1n) is 14.2. The molecule has 4 rings (SSSR count). The van der Waals surface area contributed by atoms with Crippen LogP contribution < -0.4 is 10.6 Å². The highest BCUT2D eigenvalue weighted by molar-refractivity contribution is 6.23. The smallest absolute Gasteiger partial charge is 0.000970 e. The first-order chi connectivity index (χ1) is 17.8. The van der Waals surface area contributed by atoms with E-state index in [9.17, 15) is 0 Å². The van der Waals surface area contributed by atoms with E-state index in [1.165, 1.54) is 76.5 Å². The predicted molar refractivity (Wildman–Crippen MR) is 159 cm³/mol. The zero-order chi connectivity index (χ0) is 25.0. The fraction of sp³-hybridized carbons (Fsp3) is 0.500. The number of rotatable bonds is 18. The Morgan fingerprint density at radius 2 is 1.39 bits per heavy atom. The minimum atomic E-state index is 0.990. The molecule has 194 valence electrons. The van der Waals surface area contributed by atoms with E-state index in [1.54, 1.807) is 0 Å². The van der Waals surface area contributed by atoms with E-state index in [1.807, 2.05) is 0 Å². The summed E-state index contributed by atoms with van der Waals surface area (Å²) in [6.45, 7) is 10.9. The molecule has 0 bridgehead atoms. The van der Waals surface area contributed by atoms with Crippen LogP contribution in [-0.2, 0) is 6.42 Å². The number of nitrogens with zero attached hydrogens (tertiary/aromatic N) is 2. The van der Waals surface area contributed by atoms with Gasteiger partial charge in [0.25, 0.3) is 0 Å². The Morgan fingerprint density at radius 3 is 2.25 bits per heavy atom. The summed E-state index contributed by atoms with van der Waals surface area (Å²) in [5, 5.41) is 20.1. The van der Waals surface area contributed by atoms with E-state index < -0.39 is 0 Å². The summed E-state index contributed by atoms with van der Waals surface area (Å²) >= 11 is 0. The lowest BCUT2D eigenvalue weighted by molar-refractivity contribution is 0.325. The van der Waals surface area contributed by atoms with E-state index in [0.29, 0.717) is 0 Å². The molecule has 4 aromatic carbocycles. The van der Waals surface area contributed by atoms with Crippen molar-refractivity contribution in [3.8, 4) is 0 Å². The van der Waals surface area contributed by atoms with E-state index in [2.05, 4.69) is 84.1 Å². The third-order valence-corrected chi connectivity index (χ3v) is 7.31. The van der Waals surface area contributed by atoms with Crippen LogP contribution >= 0.6 is 0 Å². The Balaban J connectivity index is 1.10. The van der Waals surface area contributed by atoms with Gasteiger partial charge in [0.05, 0.1) is 0 Å². The fourth-order valence-electron chi connectivity index (χ4n) is 5.37. The molecule has 0 aliphatic rings. The molecule has 0 saturated carbocycles. The number of benzene rings is 4. The molecule has 0 amide bonds. The van der Waals surface area contributed by atoms with Crippen molar-refractivity contribution in [3.05, 3.63) is 65.5 Å². The normalized spacial score (nSPS) is 12.1. The van der Waals surface area contributed by atoms with Crippen molar-refractivity contribution in [1.29, 1.82) is 0 Å². The second-order valence-corrected chi connectivity index (χ2v) is 10.2. The highest BCUT2D eigenvalue weighted by Crippen LogP contribution is 2.36. The quantitative estimate of drug-likeness (QED) is 0.123. The average molecular weight is 486 g/mol. The summed E-state index contributed by atoms with van der Waals surface area (Å²) < 4.78 is 0. The molecule has 4 heteroatoms. The van der Waals surface area contributed by atoms with Crippen LogP contribution in [0.25, 0.3) is 37.6 Å². The predicted octanol–water partition coefficient (Wildman–Crippen LogP) is 6.58. The lowest BCUT2D eigenvalue weighted by Gasteiger charge is -2.22. The van der Waals surface area contributed by atoms with Gasteiger partial charge in [-0.25, -0.2) is 0 Å². The van der Waals surface area contributed by atoms with Gasteiger partial charge in [-0.2, -0.15) is 0 Å². The van der Waals surface area contributed by atoms with Crippen molar-refractivity contribution < 1.29 is 0 Å². The third kappa shape index (κ3) is 7.39. The highest BCUT2D eigenvalue weighted by Gasteiger charge is 2.11. The summed E-state index contributed by atoms with van der Waals surface area (Å²) in [5.41, 5.74) is 1.49. The second kappa shape index (κ2) is 14.5. The maximum absolute atomic E-state index is 4.81. The van der Waals surface area contributed by atoms with Gasteiger partial charge in [-0.05, 0) is 103 Å². The van der Waals surface area contributed by atoms with E-state index in [4.69, 9.17) is 5.32 Å². The largest absolute Gasteiger partial charge is 0.662 e. The molecule has 0 aromatic heterocycles. The molecule has 0 heterocycles. The van der Waals surface area contributed by atoms with Crippen LogP contribution in [0.4, 0.5) is 0 Å². The topological polar surface area (TPSA) is 41.4 Å². The van der Waals surface area contributed by atoms with E-state index in [0.717, 1.165) is 52.2 Å². The van der Waals surface area contributed by atoms with Gasteiger partial charge in [0.15, 0.2) is 0 Å². The Hall–Kier alpha value is -2.24. The first kappa shape index (κ1) is 26.8. The maximum Gasteiger partial charge on any atom is -0.000970 e. The van der Waals surface area contributed by atoms with Crippen molar-refractivity contribution in [1.82, 2.24) is 15.5 Å². The summed E-state index contributed by atoms with van der Waals surface area (Å²) in [6, 6.07) is 20.4. The Bertz CT molecular complexity index is 1170. The number of aryl methyl sites for hydroxylation is 1. The van der Waals surface area contributed by atoms with Crippen LogP contribution in [0.5, 0.6) is 0 Å². The molecule has 0 saturated heterocycles. The van der Waals surface area contributed by atoms with Crippen LogP contribution in [0.3, 0.4) is 0 Å². The van der Waals surface area contributed by atoms with Crippen molar-refractivity contribution in [2.75, 3.05) is 59.4 Å². The Kier molecular flexibility index (Phi) is 10.8. The molecule has 0 fully saturated rings. The molecule has 4 nitrogen and oxygen atoms in total. The zero-order valence-electron chi connectivity index (χ0n) is 22.5. The SMILES string of the molecule is CCNCCCNCCCN(C)CCC[N-]CCCCc1cc2cccc3ccc4cccc1c4c32. The molecule has 4 aromatic rings. The molecular formula is C32H45N4-. The minimum absolute atomic E-state index is 0.990. The Labute approximate surface area is 218 Å². The first-order valence-corrected chi connectivity index (χ1v) is 14.2. The van der Waals surface area contributed by atoms with Gasteiger partial charge >= 0.3 is 0 Å². The molecule has 0 atom stereocenters. The monoisotopic (exact) mass is 485 g/mol. The van der Waals surface area contributed by atoms with Crippen molar-refractivity contribution in [2.24, 2.45) is 0 Å². The fourth-order valence-corrected chi connectivity index (χ4v) is 5.37. The van der Waals surface area contributed by atoms with Crippen LogP contribution in [0.1, 0.15) is 44.6 Å². The van der Waals surface area contributed by atoms with Gasteiger partial charge in [0.2, 0.25) is 0 Å². The molecule has 0 radical (unpaired) electrons. The molecule has 0 unspecified atom stereocenters. The lowest BCUT2D eigenvalue weighted by Crippen LogP contribution is -2.27. The summed E-state index contributed by atoms with van der Waals surface area (Å²) in [5.74, 6) is 0. The number of nitrogens with one attached hydrogen (secondary N) is 2. The molecule has 2 N–H and O–H groups in total. The van der Waals surface area contributed by atoms with Crippen LogP contribution in [0, 0.1) is 0 Å². The van der Waals surface area contributed by atoms with E-state index in [-0.39, 0.29) is 0 Å². The van der Waals surface area contributed by atoms with Gasteiger partial charge in [-0.3, -0.25) is 0 Å². The third-order valence-electron chi connectivity index (χ3n) is 7.31. The second-order valence-electron chi connectivity index (χ2n) is 10.2. The number of hydrogen-bond acceptors (Lipinski definition) is 3. The van der Waals surface area contributed by atoms with Crippen LogP contribution in [0.15, 0.2) is 54.6 Å². The summed E-state index contributed by atoms with van der Waals surface area (Å²) in [4.78, 5) is 2.45. The van der Waals surface area contributed by atoms with Crippen molar-refractivity contribution in [3.63, 3.8) is 0 Å². The number of hydrogen-bond donors (Lipinski definition) is 2. The molecule has 0 aliphatic carbocycles. The van der Waals surface area contributed by atoms with Crippen molar-refractivity contribution >= 4 is 32.3 Å². The van der Waals surface area contributed by atoms with Gasteiger partial charge < -0.3 is 20.9 Å². The Morgan fingerprint density at radius 1 is 0.694 bits per heavy atom. The highest BCUT2D eigenvalue weighted by atomic mass is 15.1. The van der Waals surface area contributed by atoms with Gasteiger partial charge in [0, 0.05) is 0 Å². The number of unbranched alkanes of at least 4 members (excludes halogenated alkanes) is 1. The van der Waals surface area contributed by atoms with Crippen LogP contribution in [0.2, 0.25) is 0 Å². The minimum Gasteiger partial charge on any atom is -0.662 e. The standard InChI is InChI=1S/C32H45N4/c1-3-33-19-8-20-35-22-10-24-36(2)23-9-21-34-18-5-4-11-28-25-29-14-6-12-26-16-17-27-13-7-15-30(28)32(27)31(26)29/h6-7,12-17,25,33,35H,3-5,8-11,18-24H2,1-2H3/q-1. The molecule has 36 heavy (non-hydrogen) atoms. The van der Waals surface area contributed by atoms with E-state index >= 15 is 0 Å². The van der Waals surface area contributed by atoms with Gasteiger partial charge in [-0.15, -0.1) is 13.1 Å². The van der Waals surface area contributed by atoms with Gasteiger partial charge in [0.1, 0.15) is 0 Å². The summed E-state index contributed by atoms with van der Waals surface area (Å²) in [6.07, 6.45) is 7.10. The molecule has 0 aliphatic heterocycles. The lowest BCUT2D eigenvalue weighted by atomic mass is 9.90. The average Bonchev–Trinajstić information content (AvgIpc) is 2.90. The maximum atomic E-state index is 4.81. The van der Waals surface area contributed by atoms with Crippen molar-refractivity contribution in [2.45, 2.75) is 45.4 Å². The molecule has 0 spiro atoms. The van der Waals surface area contributed by atoms with Gasteiger partial charge in [-0.1, -0.05) is 80.8 Å². The van der Waals surface area contributed by atoms with Crippen LogP contribution in [-0.4, -0.2) is 64.3 Å². The summed E-state index contributed by atoms with van der Waals surface area (Å²) in [7, 11) is 2.24. The zero-order valence-corrected chi connectivity index (χ0v) is 22.5.